The minimum atomic E-state index is -0.492. The van der Waals surface area contributed by atoms with E-state index in [1.807, 2.05) is 39.0 Å². The molecule has 1 amide bonds. The monoisotopic (exact) mass is 282 g/mol. The zero-order chi connectivity index (χ0) is 14.0. The van der Waals surface area contributed by atoms with E-state index < -0.39 is 11.7 Å². The quantitative estimate of drug-likeness (QED) is 0.825. The summed E-state index contributed by atoms with van der Waals surface area (Å²) in [6.07, 6.45) is 0.414. The first-order valence-corrected chi connectivity index (χ1v) is 6.76. The molecule has 1 aliphatic heterocycles. The number of rotatable bonds is 1. The number of hydrogen-bond donors (Lipinski definition) is 2. The van der Waals surface area contributed by atoms with Crippen LogP contribution in [-0.4, -0.2) is 18.2 Å². The Morgan fingerprint density at radius 2 is 2.21 bits per heavy atom. The van der Waals surface area contributed by atoms with Crippen LogP contribution >= 0.6 is 11.6 Å². The van der Waals surface area contributed by atoms with Crippen LogP contribution in [0.4, 0.5) is 10.5 Å². The van der Waals surface area contributed by atoms with Gasteiger partial charge in [-0.15, -0.1) is 0 Å². The molecule has 1 atom stereocenters. The lowest BCUT2D eigenvalue weighted by Crippen LogP contribution is -2.37. The number of ether oxygens (including phenoxy) is 1. The van der Waals surface area contributed by atoms with Crippen molar-refractivity contribution in [2.45, 2.75) is 38.8 Å². The Morgan fingerprint density at radius 3 is 2.89 bits per heavy atom. The van der Waals surface area contributed by atoms with Crippen LogP contribution in [0.25, 0.3) is 0 Å². The van der Waals surface area contributed by atoms with Crippen molar-refractivity contribution in [3.63, 3.8) is 0 Å². The fraction of sp³-hybridized carbons (Fsp3) is 0.500. The Balaban J connectivity index is 2.11. The fourth-order valence-corrected chi connectivity index (χ4v) is 2.27. The molecule has 2 N–H and O–H groups in total. The van der Waals surface area contributed by atoms with Crippen LogP contribution in [-0.2, 0) is 4.74 Å². The molecule has 19 heavy (non-hydrogen) atoms. The van der Waals surface area contributed by atoms with Crippen molar-refractivity contribution in [2.75, 3.05) is 11.9 Å². The van der Waals surface area contributed by atoms with Gasteiger partial charge in [0.15, 0.2) is 0 Å². The molecular formula is C14H19ClN2O2. The van der Waals surface area contributed by atoms with E-state index >= 15 is 0 Å². The number of alkyl carbamates (subject to hydrolysis) is 1. The van der Waals surface area contributed by atoms with Crippen LogP contribution in [0.5, 0.6) is 0 Å². The first-order valence-electron chi connectivity index (χ1n) is 6.38. The molecule has 5 heteroatoms. The molecule has 0 radical (unpaired) electrons. The van der Waals surface area contributed by atoms with E-state index in [2.05, 4.69) is 10.6 Å². The van der Waals surface area contributed by atoms with Gasteiger partial charge in [0.05, 0.1) is 6.04 Å². The molecule has 0 aliphatic carbocycles. The summed E-state index contributed by atoms with van der Waals surface area (Å²) in [5.74, 6) is 0. The van der Waals surface area contributed by atoms with Gasteiger partial charge in [0, 0.05) is 17.3 Å². The molecule has 1 aromatic carbocycles. The molecule has 0 fully saturated rings. The zero-order valence-corrected chi connectivity index (χ0v) is 12.2. The predicted octanol–water partition coefficient (Wildman–Crippen LogP) is 3.72. The van der Waals surface area contributed by atoms with Crippen LogP contribution in [0.2, 0.25) is 5.02 Å². The van der Waals surface area contributed by atoms with E-state index in [0.717, 1.165) is 24.2 Å². The summed E-state index contributed by atoms with van der Waals surface area (Å²) in [5.41, 5.74) is 1.52. The number of anilines is 1. The number of carbonyl (C=O) groups excluding carboxylic acids is 1. The number of nitrogens with one attached hydrogen (secondary N) is 2. The SMILES string of the molecule is CC(C)(C)OC(=O)N[C@H]1CCNc2ccc(Cl)cc21. The normalized spacial score (nSPS) is 18.2. The summed E-state index contributed by atoms with van der Waals surface area (Å²) in [6.45, 7) is 6.36. The van der Waals surface area contributed by atoms with Crippen molar-refractivity contribution < 1.29 is 9.53 Å². The number of carbonyl (C=O) groups is 1. The standard InChI is InChI=1S/C14H19ClN2O2/c1-14(2,3)19-13(18)17-12-6-7-16-11-5-4-9(15)8-10(11)12/h4-5,8,12,16H,6-7H2,1-3H3,(H,17,18)/t12-/m0/s1. The third-order valence-corrected chi connectivity index (χ3v) is 3.06. The van der Waals surface area contributed by atoms with Crippen molar-refractivity contribution in [1.82, 2.24) is 5.32 Å². The first-order chi connectivity index (χ1) is 8.85. The second kappa shape index (κ2) is 5.29. The Morgan fingerprint density at radius 1 is 1.47 bits per heavy atom. The van der Waals surface area contributed by atoms with Gasteiger partial charge < -0.3 is 15.4 Å². The summed E-state index contributed by atoms with van der Waals surface area (Å²) in [6, 6.07) is 5.58. The molecule has 4 nitrogen and oxygen atoms in total. The smallest absolute Gasteiger partial charge is 0.408 e. The van der Waals surface area contributed by atoms with Gasteiger partial charge in [-0.1, -0.05) is 11.6 Å². The molecule has 0 saturated carbocycles. The van der Waals surface area contributed by atoms with Gasteiger partial charge in [0.1, 0.15) is 5.60 Å². The number of halogens is 1. The number of hydrogen-bond acceptors (Lipinski definition) is 3. The Labute approximate surface area is 118 Å². The van der Waals surface area contributed by atoms with Gasteiger partial charge in [-0.2, -0.15) is 0 Å². The molecule has 104 valence electrons. The molecule has 0 unspecified atom stereocenters. The van der Waals surface area contributed by atoms with E-state index in [1.165, 1.54) is 0 Å². The van der Waals surface area contributed by atoms with E-state index in [9.17, 15) is 4.79 Å². The Kier molecular flexibility index (Phi) is 3.90. The lowest BCUT2D eigenvalue weighted by atomic mass is 9.98. The summed E-state index contributed by atoms with van der Waals surface area (Å²) in [4.78, 5) is 11.8. The largest absolute Gasteiger partial charge is 0.444 e. The van der Waals surface area contributed by atoms with Crippen molar-refractivity contribution in [3.8, 4) is 0 Å². The topological polar surface area (TPSA) is 50.4 Å². The molecule has 1 heterocycles. The summed E-state index contributed by atoms with van der Waals surface area (Å²) < 4.78 is 5.28. The van der Waals surface area contributed by atoms with Gasteiger partial charge in [-0.3, -0.25) is 0 Å². The maximum Gasteiger partial charge on any atom is 0.408 e. The first kappa shape index (κ1) is 14.0. The van der Waals surface area contributed by atoms with E-state index in [-0.39, 0.29) is 6.04 Å². The number of amides is 1. The average Bonchev–Trinajstić information content (AvgIpc) is 2.27. The van der Waals surface area contributed by atoms with Crippen molar-refractivity contribution in [1.29, 1.82) is 0 Å². The maximum atomic E-state index is 11.8. The van der Waals surface area contributed by atoms with Gasteiger partial charge in [0.2, 0.25) is 0 Å². The Bertz CT molecular complexity index is 483. The fourth-order valence-electron chi connectivity index (χ4n) is 2.09. The molecule has 0 saturated heterocycles. The highest BCUT2D eigenvalue weighted by Gasteiger charge is 2.24. The molecule has 0 spiro atoms. The van der Waals surface area contributed by atoms with Crippen LogP contribution in [0.1, 0.15) is 38.8 Å². The number of fused-ring (bicyclic) bond motifs is 1. The van der Waals surface area contributed by atoms with Gasteiger partial charge in [0.25, 0.3) is 0 Å². The average molecular weight is 283 g/mol. The third kappa shape index (κ3) is 3.77. The summed E-state index contributed by atoms with van der Waals surface area (Å²) in [7, 11) is 0. The van der Waals surface area contributed by atoms with Crippen molar-refractivity contribution >= 4 is 23.4 Å². The second-order valence-corrected chi connectivity index (χ2v) is 6.08. The predicted molar refractivity (Wildman–Crippen MR) is 76.7 cm³/mol. The minimum absolute atomic E-state index is 0.0650. The molecule has 2 rings (SSSR count). The van der Waals surface area contributed by atoms with E-state index in [0.29, 0.717) is 5.02 Å². The lowest BCUT2D eigenvalue weighted by molar-refractivity contribution is 0.0501. The second-order valence-electron chi connectivity index (χ2n) is 5.65. The van der Waals surface area contributed by atoms with E-state index in [4.69, 9.17) is 16.3 Å². The molecular weight excluding hydrogens is 264 g/mol. The van der Waals surface area contributed by atoms with Crippen LogP contribution in [0, 0.1) is 0 Å². The Hall–Kier alpha value is -1.42. The highest BCUT2D eigenvalue weighted by atomic mass is 35.5. The van der Waals surface area contributed by atoms with Crippen LogP contribution in [0.15, 0.2) is 18.2 Å². The zero-order valence-electron chi connectivity index (χ0n) is 11.4. The summed E-state index contributed by atoms with van der Waals surface area (Å²) in [5, 5.41) is 6.85. The maximum absolute atomic E-state index is 11.8. The highest BCUT2D eigenvalue weighted by Crippen LogP contribution is 2.32. The van der Waals surface area contributed by atoms with Crippen molar-refractivity contribution in [3.05, 3.63) is 28.8 Å². The molecule has 0 bridgehead atoms. The van der Waals surface area contributed by atoms with Gasteiger partial charge in [-0.25, -0.2) is 4.79 Å². The highest BCUT2D eigenvalue weighted by molar-refractivity contribution is 6.30. The van der Waals surface area contributed by atoms with E-state index in [1.54, 1.807) is 0 Å². The molecule has 1 aliphatic rings. The van der Waals surface area contributed by atoms with Crippen LogP contribution in [0.3, 0.4) is 0 Å². The van der Waals surface area contributed by atoms with Gasteiger partial charge in [-0.05, 0) is 51.0 Å². The molecule has 1 aromatic rings. The lowest BCUT2D eigenvalue weighted by Gasteiger charge is -2.29. The van der Waals surface area contributed by atoms with Crippen LogP contribution < -0.4 is 10.6 Å². The minimum Gasteiger partial charge on any atom is -0.444 e. The van der Waals surface area contributed by atoms with Crippen molar-refractivity contribution in [2.24, 2.45) is 0 Å². The number of benzene rings is 1. The van der Waals surface area contributed by atoms with Gasteiger partial charge >= 0.3 is 6.09 Å². The third-order valence-electron chi connectivity index (χ3n) is 2.83. The molecule has 0 aromatic heterocycles. The summed E-state index contributed by atoms with van der Waals surface area (Å²) >= 11 is 6.01.